The predicted octanol–water partition coefficient (Wildman–Crippen LogP) is 2.17. The topological polar surface area (TPSA) is 68.9 Å². The molecular formula is C13H14O5. The van der Waals surface area contributed by atoms with E-state index in [1.165, 1.54) is 20.3 Å². The number of ether oxygens (including phenoxy) is 2. The van der Waals surface area contributed by atoms with E-state index in [-0.39, 0.29) is 18.1 Å². The Hall–Kier alpha value is -2.17. The number of hydrogen-bond acceptors (Lipinski definition) is 5. The Labute approximate surface area is 104 Å². The first-order valence-electron chi connectivity index (χ1n) is 5.42. The number of phenolic OH excluding ortho intramolecular Hbond substituents is 1. The number of aromatic hydroxyl groups is 1. The molecule has 1 heterocycles. The first kappa shape index (κ1) is 12.3. The summed E-state index contributed by atoms with van der Waals surface area (Å²) < 4.78 is 15.4. The number of aryl methyl sites for hydroxylation is 1. The van der Waals surface area contributed by atoms with Gasteiger partial charge in [0.15, 0.2) is 11.3 Å². The Morgan fingerprint density at radius 1 is 1.39 bits per heavy atom. The lowest BCUT2D eigenvalue weighted by molar-refractivity contribution is -0.139. The molecule has 0 fully saturated rings. The SMILES string of the molecule is COC(=O)Cc1c(C)oc2c(OC)cc(O)cc12. The minimum absolute atomic E-state index is 0.0614. The number of rotatable bonds is 3. The summed E-state index contributed by atoms with van der Waals surface area (Å²) in [6.07, 6.45) is 0.0991. The number of carbonyl (C=O) groups excluding carboxylic acids is 1. The Kier molecular flexibility index (Phi) is 3.14. The van der Waals surface area contributed by atoms with Crippen molar-refractivity contribution in [2.75, 3.05) is 14.2 Å². The molecule has 0 aliphatic heterocycles. The summed E-state index contributed by atoms with van der Waals surface area (Å²) in [4.78, 5) is 11.4. The fourth-order valence-electron chi connectivity index (χ4n) is 1.91. The second-order valence-corrected chi connectivity index (χ2v) is 3.91. The molecular weight excluding hydrogens is 236 g/mol. The summed E-state index contributed by atoms with van der Waals surface area (Å²) in [5, 5.41) is 10.3. The van der Waals surface area contributed by atoms with Crippen LogP contribution in [0.4, 0.5) is 0 Å². The maximum atomic E-state index is 11.4. The van der Waals surface area contributed by atoms with Crippen molar-refractivity contribution in [3.63, 3.8) is 0 Å². The molecule has 0 saturated carbocycles. The third-order valence-electron chi connectivity index (χ3n) is 2.81. The summed E-state index contributed by atoms with van der Waals surface area (Å²) in [5.41, 5.74) is 1.22. The summed E-state index contributed by atoms with van der Waals surface area (Å²) in [7, 11) is 2.82. The van der Waals surface area contributed by atoms with Crippen LogP contribution in [0.5, 0.6) is 11.5 Å². The minimum atomic E-state index is -0.358. The molecule has 2 aromatic rings. The average molecular weight is 250 g/mol. The number of hydrogen-bond donors (Lipinski definition) is 1. The van der Waals surface area contributed by atoms with Crippen LogP contribution in [0, 0.1) is 6.92 Å². The highest BCUT2D eigenvalue weighted by Gasteiger charge is 2.18. The smallest absolute Gasteiger partial charge is 0.310 e. The van der Waals surface area contributed by atoms with Gasteiger partial charge in [0.05, 0.1) is 20.6 Å². The molecule has 0 aliphatic rings. The van der Waals surface area contributed by atoms with Gasteiger partial charge in [0.25, 0.3) is 0 Å². The van der Waals surface area contributed by atoms with Crippen molar-refractivity contribution in [2.24, 2.45) is 0 Å². The third kappa shape index (κ3) is 1.99. The lowest BCUT2D eigenvalue weighted by Gasteiger charge is -2.02. The molecule has 1 aromatic carbocycles. The van der Waals surface area contributed by atoms with Gasteiger partial charge in [-0.25, -0.2) is 0 Å². The summed E-state index contributed by atoms with van der Waals surface area (Å²) in [6.45, 7) is 1.76. The molecule has 0 unspecified atom stereocenters. The van der Waals surface area contributed by atoms with E-state index >= 15 is 0 Å². The van der Waals surface area contributed by atoms with E-state index in [0.717, 1.165) is 0 Å². The Bertz CT molecular complexity index is 597. The number of carbonyl (C=O) groups is 1. The van der Waals surface area contributed by atoms with Gasteiger partial charge in [-0.3, -0.25) is 4.79 Å². The highest BCUT2D eigenvalue weighted by Crippen LogP contribution is 2.36. The molecule has 0 aliphatic carbocycles. The molecule has 5 heteroatoms. The van der Waals surface area contributed by atoms with Crippen molar-refractivity contribution in [1.82, 2.24) is 0 Å². The van der Waals surface area contributed by atoms with E-state index < -0.39 is 0 Å². The van der Waals surface area contributed by atoms with Crippen LogP contribution in [0.15, 0.2) is 16.5 Å². The lowest BCUT2D eigenvalue weighted by atomic mass is 10.1. The molecule has 0 saturated heterocycles. The molecule has 1 N–H and O–H groups in total. The maximum Gasteiger partial charge on any atom is 0.310 e. The molecule has 1 aromatic heterocycles. The summed E-state index contributed by atoms with van der Waals surface area (Å²) in [6, 6.07) is 3.01. The maximum absolute atomic E-state index is 11.4. The average Bonchev–Trinajstić information content (AvgIpc) is 2.65. The molecule has 5 nitrogen and oxygen atoms in total. The Balaban J connectivity index is 2.63. The van der Waals surface area contributed by atoms with Crippen molar-refractivity contribution in [3.05, 3.63) is 23.5 Å². The lowest BCUT2D eigenvalue weighted by Crippen LogP contribution is -2.04. The number of benzene rings is 1. The summed E-state index contributed by atoms with van der Waals surface area (Å²) >= 11 is 0. The Morgan fingerprint density at radius 3 is 2.72 bits per heavy atom. The second kappa shape index (κ2) is 4.60. The molecule has 96 valence electrons. The second-order valence-electron chi connectivity index (χ2n) is 3.91. The van der Waals surface area contributed by atoms with Crippen molar-refractivity contribution in [2.45, 2.75) is 13.3 Å². The van der Waals surface area contributed by atoms with Gasteiger partial charge in [0.1, 0.15) is 11.5 Å². The van der Waals surface area contributed by atoms with Crippen molar-refractivity contribution < 1.29 is 23.8 Å². The van der Waals surface area contributed by atoms with Gasteiger partial charge < -0.3 is 19.0 Å². The molecule has 0 bridgehead atoms. The highest BCUT2D eigenvalue weighted by atomic mass is 16.5. The summed E-state index contributed by atoms with van der Waals surface area (Å²) in [5.74, 6) is 0.748. The monoisotopic (exact) mass is 250 g/mol. The molecule has 0 radical (unpaired) electrons. The predicted molar refractivity (Wildman–Crippen MR) is 64.9 cm³/mol. The normalized spacial score (nSPS) is 10.6. The minimum Gasteiger partial charge on any atom is -0.508 e. The van der Waals surface area contributed by atoms with Crippen LogP contribution in [0.25, 0.3) is 11.0 Å². The molecule has 0 atom stereocenters. The number of furan rings is 1. The van der Waals surface area contributed by atoms with E-state index in [2.05, 4.69) is 4.74 Å². The van der Waals surface area contributed by atoms with Crippen LogP contribution in [-0.2, 0) is 16.0 Å². The van der Waals surface area contributed by atoms with Crippen LogP contribution in [0.1, 0.15) is 11.3 Å². The van der Waals surface area contributed by atoms with Gasteiger partial charge in [-0.1, -0.05) is 0 Å². The molecule has 18 heavy (non-hydrogen) atoms. The van der Waals surface area contributed by atoms with Crippen LogP contribution in [-0.4, -0.2) is 25.3 Å². The molecule has 0 amide bonds. The number of esters is 1. The molecule has 0 spiro atoms. The number of phenols is 1. The van der Waals surface area contributed by atoms with E-state index in [1.54, 1.807) is 13.0 Å². The van der Waals surface area contributed by atoms with Gasteiger partial charge in [0.2, 0.25) is 0 Å². The zero-order valence-electron chi connectivity index (χ0n) is 10.4. The van der Waals surface area contributed by atoms with Crippen molar-refractivity contribution >= 4 is 16.9 Å². The van der Waals surface area contributed by atoms with Gasteiger partial charge in [-0.15, -0.1) is 0 Å². The van der Waals surface area contributed by atoms with Gasteiger partial charge in [0, 0.05) is 17.0 Å². The number of fused-ring (bicyclic) bond motifs is 1. The fourth-order valence-corrected chi connectivity index (χ4v) is 1.91. The standard InChI is InChI=1S/C13H14O5/c1-7-9(6-12(15)17-3)10-4-8(14)5-11(16-2)13(10)18-7/h4-5,14H,6H2,1-3H3. The Morgan fingerprint density at radius 2 is 2.11 bits per heavy atom. The first-order valence-corrected chi connectivity index (χ1v) is 5.42. The third-order valence-corrected chi connectivity index (χ3v) is 2.81. The largest absolute Gasteiger partial charge is 0.508 e. The van der Waals surface area contributed by atoms with E-state index in [0.29, 0.717) is 28.0 Å². The van der Waals surface area contributed by atoms with Crippen LogP contribution in [0.2, 0.25) is 0 Å². The van der Waals surface area contributed by atoms with Gasteiger partial charge in [-0.05, 0) is 13.0 Å². The number of methoxy groups -OCH3 is 2. The van der Waals surface area contributed by atoms with E-state index in [9.17, 15) is 9.90 Å². The van der Waals surface area contributed by atoms with E-state index in [4.69, 9.17) is 9.15 Å². The van der Waals surface area contributed by atoms with E-state index in [1.807, 2.05) is 0 Å². The first-order chi connectivity index (χ1) is 8.56. The van der Waals surface area contributed by atoms with Crippen molar-refractivity contribution in [3.8, 4) is 11.5 Å². The quantitative estimate of drug-likeness (QED) is 0.845. The fraction of sp³-hybridized carbons (Fsp3) is 0.308. The van der Waals surface area contributed by atoms with Gasteiger partial charge >= 0.3 is 5.97 Å². The molecule has 2 rings (SSSR count). The van der Waals surface area contributed by atoms with Crippen LogP contribution in [0.3, 0.4) is 0 Å². The zero-order valence-corrected chi connectivity index (χ0v) is 10.4. The van der Waals surface area contributed by atoms with Crippen LogP contribution >= 0.6 is 0 Å². The van der Waals surface area contributed by atoms with Crippen molar-refractivity contribution in [1.29, 1.82) is 0 Å². The zero-order chi connectivity index (χ0) is 13.3. The van der Waals surface area contributed by atoms with Gasteiger partial charge in [-0.2, -0.15) is 0 Å². The van der Waals surface area contributed by atoms with Crippen LogP contribution < -0.4 is 4.74 Å². The highest BCUT2D eigenvalue weighted by molar-refractivity contribution is 5.91.